The second-order valence-corrected chi connectivity index (χ2v) is 6.36. The number of hydrogen-bond donors (Lipinski definition) is 1. The van der Waals surface area contributed by atoms with Gasteiger partial charge in [0, 0.05) is 22.0 Å². The van der Waals surface area contributed by atoms with Crippen molar-refractivity contribution in [2.75, 3.05) is 0 Å². The molecule has 0 aliphatic carbocycles. The number of para-hydroxylation sites is 1. The molecule has 2 atom stereocenters. The number of fused-ring (bicyclic) bond motifs is 1. The summed E-state index contributed by atoms with van der Waals surface area (Å²) in [5, 5.41) is -4.31. The van der Waals surface area contributed by atoms with Gasteiger partial charge < -0.3 is 4.98 Å². The molecule has 1 aromatic carbocycles. The van der Waals surface area contributed by atoms with Crippen molar-refractivity contribution < 1.29 is 22.0 Å². The van der Waals surface area contributed by atoms with Crippen LogP contribution in [0.4, 0.5) is 22.0 Å². The molecule has 1 N–H and O–H groups in total. The van der Waals surface area contributed by atoms with E-state index in [0.717, 1.165) is 0 Å². The highest BCUT2D eigenvalue weighted by Gasteiger charge is 2.69. The summed E-state index contributed by atoms with van der Waals surface area (Å²) in [5.41, 5.74) is 0.550. The van der Waals surface area contributed by atoms with Crippen molar-refractivity contribution in [3.8, 4) is 0 Å². The molecule has 0 aliphatic rings. The first kappa shape index (κ1) is 15.7. The van der Waals surface area contributed by atoms with Gasteiger partial charge in [-0.3, -0.25) is 0 Å². The van der Waals surface area contributed by atoms with Crippen LogP contribution in [0.2, 0.25) is 0 Å². The number of hydrogen-bond acceptors (Lipinski definition) is 1. The van der Waals surface area contributed by atoms with E-state index < -0.39 is 15.8 Å². The highest BCUT2D eigenvalue weighted by molar-refractivity contribution is 8.02. The van der Waals surface area contributed by atoms with Crippen molar-refractivity contribution in [3.63, 3.8) is 0 Å². The number of aromatic amines is 1. The van der Waals surface area contributed by atoms with E-state index in [4.69, 9.17) is 11.6 Å². The number of H-pyrrole nitrogens is 1. The van der Waals surface area contributed by atoms with Gasteiger partial charge in [-0.05, 0) is 6.07 Å². The predicted octanol–water partition coefficient (Wildman–Crippen LogP) is 5.59. The smallest absolute Gasteiger partial charge is 0.360 e. The molecule has 0 aliphatic heterocycles. The van der Waals surface area contributed by atoms with Gasteiger partial charge in [-0.1, -0.05) is 53.2 Å². The third kappa shape index (κ3) is 2.58. The van der Waals surface area contributed by atoms with Crippen LogP contribution in [0.5, 0.6) is 0 Å². The van der Waals surface area contributed by atoms with Crippen LogP contribution < -0.4 is 0 Å². The molecule has 0 bridgehead atoms. The Bertz CT molecular complexity index is 623. The molecule has 0 radical (unpaired) electrons. The Labute approximate surface area is 124 Å². The van der Waals surface area contributed by atoms with Gasteiger partial charge in [0.15, 0.2) is 0 Å². The Morgan fingerprint density at radius 3 is 2.20 bits per heavy atom. The predicted molar refractivity (Wildman–Crippen MR) is 69.6 cm³/mol. The van der Waals surface area contributed by atoms with Crippen LogP contribution in [0.3, 0.4) is 0 Å². The van der Waals surface area contributed by atoms with Crippen molar-refractivity contribution in [1.82, 2.24) is 4.98 Å². The number of rotatable bonds is 3. The van der Waals surface area contributed by atoms with Gasteiger partial charge in [-0.15, -0.1) is 0 Å². The van der Waals surface area contributed by atoms with E-state index in [1.165, 1.54) is 12.3 Å². The molecular weight excluding hydrogens is 344 g/mol. The molecule has 0 fully saturated rings. The first-order valence-corrected chi connectivity index (χ1v) is 6.71. The summed E-state index contributed by atoms with van der Waals surface area (Å²) in [4.78, 5) is 2.73. The monoisotopic (exact) mass is 349 g/mol. The van der Waals surface area contributed by atoms with Crippen molar-refractivity contribution in [2.24, 2.45) is 0 Å². The zero-order chi connectivity index (χ0) is 15.2. The molecule has 2 aromatic rings. The summed E-state index contributed by atoms with van der Waals surface area (Å²) in [6.45, 7) is 0. The molecule has 110 valence electrons. The van der Waals surface area contributed by atoms with Gasteiger partial charge in [0.1, 0.15) is 0 Å². The first-order chi connectivity index (χ1) is 9.06. The van der Waals surface area contributed by atoms with E-state index in [2.05, 4.69) is 16.6 Å². The fourth-order valence-electron chi connectivity index (χ4n) is 1.50. The largest absolute Gasteiger partial charge is 0.442 e. The lowest BCUT2D eigenvalue weighted by molar-refractivity contribution is -0.211. The second kappa shape index (κ2) is 4.96. The average molecular weight is 350 g/mol. The number of alkyl halides is 7. The Morgan fingerprint density at radius 2 is 1.60 bits per heavy atom. The van der Waals surface area contributed by atoms with Gasteiger partial charge in [0.05, 0.1) is 0 Å². The maximum absolute atomic E-state index is 13.9. The molecule has 9 heteroatoms. The minimum Gasteiger partial charge on any atom is -0.360 e. The van der Waals surface area contributed by atoms with Crippen LogP contribution in [0.15, 0.2) is 35.4 Å². The Hall–Kier alpha value is -0.660. The fourth-order valence-corrected chi connectivity index (χ4v) is 2.89. The molecule has 1 heterocycles. The number of halogens is 7. The van der Waals surface area contributed by atoms with Crippen molar-refractivity contribution in [1.29, 1.82) is 0 Å². The summed E-state index contributed by atoms with van der Waals surface area (Å²) in [7, 11) is 0. The fraction of sp³-hybridized carbons (Fsp3) is 0.273. The molecule has 20 heavy (non-hydrogen) atoms. The second-order valence-electron chi connectivity index (χ2n) is 3.89. The van der Waals surface area contributed by atoms with Gasteiger partial charge in [0.2, 0.25) is 0 Å². The number of aromatic nitrogens is 1. The summed E-state index contributed by atoms with van der Waals surface area (Å²) in [6, 6.07) is 6.43. The van der Waals surface area contributed by atoms with Crippen LogP contribution in [0.25, 0.3) is 10.9 Å². The van der Waals surface area contributed by atoms with Crippen LogP contribution in [-0.2, 0) is 0 Å². The van der Waals surface area contributed by atoms with E-state index >= 15 is 0 Å². The maximum Gasteiger partial charge on any atom is 0.442 e. The number of thioether (sulfide) groups is 1. The van der Waals surface area contributed by atoms with E-state index in [9.17, 15) is 22.0 Å². The van der Waals surface area contributed by atoms with E-state index in [1.807, 2.05) is 0 Å². The lowest BCUT2D eigenvalue weighted by Gasteiger charge is -2.30. The van der Waals surface area contributed by atoms with Crippen LogP contribution in [0.1, 0.15) is 0 Å². The lowest BCUT2D eigenvalue weighted by Crippen LogP contribution is -2.48. The summed E-state index contributed by atoms with van der Waals surface area (Å²) < 4.78 is 60.8. The average Bonchev–Trinajstić information content (AvgIpc) is 2.71. The molecule has 1 nitrogen and oxygen atoms in total. The van der Waals surface area contributed by atoms with Crippen LogP contribution >= 0.6 is 35.0 Å². The van der Waals surface area contributed by atoms with Gasteiger partial charge in [-0.25, -0.2) is 8.78 Å². The molecule has 0 spiro atoms. The van der Waals surface area contributed by atoms with Crippen LogP contribution in [-0.4, -0.2) is 20.7 Å². The zero-order valence-corrected chi connectivity index (χ0v) is 11.8. The Kier molecular flexibility index (Phi) is 3.90. The molecule has 2 rings (SSSR count). The SMILES string of the molecule is FC(F)(F)[C@](F)(Cl)[C@](F)(Cl)Sc1c[nH]c2ccccc12. The molecule has 0 unspecified atom stereocenters. The first-order valence-electron chi connectivity index (χ1n) is 5.14. The highest BCUT2D eigenvalue weighted by Crippen LogP contribution is 2.57. The standard InChI is InChI=1S/C11H6Cl2F5NS/c12-9(14,11(16,17)18)10(13,15)20-8-5-19-7-4-2-1-3-6(7)8/h1-5,19H/t9-,10+/m0/s1. The van der Waals surface area contributed by atoms with Gasteiger partial charge in [-0.2, -0.15) is 13.2 Å². The third-order valence-electron chi connectivity index (χ3n) is 2.51. The summed E-state index contributed by atoms with van der Waals surface area (Å²) in [5.74, 6) is 0. The number of nitrogens with one attached hydrogen (secondary N) is 1. The van der Waals surface area contributed by atoms with Crippen molar-refractivity contribution >= 4 is 45.9 Å². The Balaban J connectivity index is 2.38. The molecule has 0 saturated heterocycles. The van der Waals surface area contributed by atoms with Crippen LogP contribution in [0, 0.1) is 0 Å². The highest BCUT2D eigenvalue weighted by atomic mass is 35.5. The zero-order valence-electron chi connectivity index (χ0n) is 9.44. The van der Waals surface area contributed by atoms with Crippen molar-refractivity contribution in [3.05, 3.63) is 30.5 Å². The minimum absolute atomic E-state index is 0.0185. The van der Waals surface area contributed by atoms with E-state index in [-0.39, 0.29) is 16.7 Å². The van der Waals surface area contributed by atoms with E-state index in [1.54, 1.807) is 18.2 Å². The summed E-state index contributed by atoms with van der Waals surface area (Å²) in [6.07, 6.45) is -4.42. The topological polar surface area (TPSA) is 15.8 Å². The molecule has 1 aromatic heterocycles. The number of benzene rings is 1. The minimum atomic E-state index is -5.65. The quantitative estimate of drug-likeness (QED) is 0.434. The normalized spacial score (nSPS) is 18.8. The Morgan fingerprint density at radius 1 is 1.00 bits per heavy atom. The molecule has 0 amide bonds. The third-order valence-corrected chi connectivity index (χ3v) is 4.78. The lowest BCUT2D eigenvalue weighted by atomic mass is 10.2. The van der Waals surface area contributed by atoms with Gasteiger partial charge >= 0.3 is 11.3 Å². The van der Waals surface area contributed by atoms with E-state index in [0.29, 0.717) is 10.9 Å². The molecular formula is C11H6Cl2F5NS. The maximum atomic E-state index is 13.9. The van der Waals surface area contributed by atoms with Gasteiger partial charge in [0.25, 0.3) is 4.46 Å². The molecule has 0 saturated carbocycles. The summed E-state index contributed by atoms with van der Waals surface area (Å²) >= 11 is 9.56. The van der Waals surface area contributed by atoms with Crippen molar-refractivity contribution in [2.45, 2.75) is 20.7 Å².